The van der Waals surface area contributed by atoms with Crippen molar-refractivity contribution in [2.24, 2.45) is 0 Å². The lowest BCUT2D eigenvalue weighted by atomic mass is 9.34. The highest BCUT2D eigenvalue weighted by molar-refractivity contribution is 6.99. The van der Waals surface area contributed by atoms with Crippen LogP contribution in [0.2, 0.25) is 0 Å². The average Bonchev–Trinajstić information content (AvgIpc) is 3.21. The molecule has 4 heterocycles. The predicted molar refractivity (Wildman–Crippen MR) is 216 cm³/mol. The minimum absolute atomic E-state index is 0.0326. The van der Waals surface area contributed by atoms with Gasteiger partial charge >= 0.3 is 0 Å². The van der Waals surface area contributed by atoms with Gasteiger partial charge in [-0.25, -0.2) is 0 Å². The van der Waals surface area contributed by atoms with Crippen LogP contribution in [-0.4, -0.2) is 13.4 Å². The van der Waals surface area contributed by atoms with Gasteiger partial charge in [0.1, 0.15) is 0 Å². The van der Waals surface area contributed by atoms with Crippen LogP contribution < -0.4 is 52.1 Å². The molecule has 0 bridgehead atoms. The van der Waals surface area contributed by atoms with Crippen molar-refractivity contribution >= 4 is 91.1 Å². The predicted octanol–water partition coefficient (Wildman–Crippen LogP) is 7.65. The van der Waals surface area contributed by atoms with Crippen LogP contribution in [0, 0.1) is 0 Å². The van der Waals surface area contributed by atoms with Gasteiger partial charge in [0.2, 0.25) is 13.4 Å². The monoisotopic (exact) mass is 662 g/mol. The van der Waals surface area contributed by atoms with Gasteiger partial charge in [0.05, 0.1) is 22.7 Å². The van der Waals surface area contributed by atoms with Gasteiger partial charge in [-0.2, -0.15) is 0 Å². The molecule has 8 aromatic carbocycles. The van der Waals surface area contributed by atoms with E-state index in [9.17, 15) is 0 Å². The van der Waals surface area contributed by atoms with E-state index >= 15 is 0 Å². The van der Waals surface area contributed by atoms with E-state index in [1.165, 1.54) is 54.9 Å². The number of anilines is 6. The molecule has 6 heteroatoms. The van der Waals surface area contributed by atoms with E-state index < -0.39 is 0 Å². The fraction of sp³-hybridized carbons (Fsp3) is 0. The Morgan fingerprint density at radius 2 is 0.692 bits per heavy atom. The van der Waals surface area contributed by atoms with Crippen LogP contribution in [0.5, 0.6) is 23.0 Å². The summed E-state index contributed by atoms with van der Waals surface area (Å²) in [4.78, 5) is 4.94. The number of hydrogen-bond acceptors (Lipinski definition) is 4. The maximum atomic E-state index is 6.66. The Kier molecular flexibility index (Phi) is 5.64. The Bertz CT molecular complexity index is 2600. The Labute approximate surface area is 302 Å². The van der Waals surface area contributed by atoms with Crippen LogP contribution in [0.3, 0.4) is 0 Å². The summed E-state index contributed by atoms with van der Waals surface area (Å²) in [7, 11) is 0. The molecule has 0 aliphatic carbocycles. The maximum Gasteiger partial charge on any atom is 0.246 e. The largest absolute Gasteiger partial charge is 0.453 e. The third-order valence-corrected chi connectivity index (χ3v) is 11.3. The van der Waals surface area contributed by atoms with E-state index in [1.54, 1.807) is 0 Å². The van der Waals surface area contributed by atoms with E-state index in [1.807, 2.05) is 0 Å². The molecule has 0 fully saturated rings. The Morgan fingerprint density at radius 1 is 0.308 bits per heavy atom. The molecule has 0 unspecified atom stereocenters. The second kappa shape index (κ2) is 10.4. The highest BCUT2D eigenvalue weighted by Gasteiger charge is 2.44. The number of para-hydroxylation sites is 6. The maximum absolute atomic E-state index is 6.66. The quantitative estimate of drug-likeness (QED) is 0.178. The molecule has 0 saturated heterocycles. The van der Waals surface area contributed by atoms with Crippen molar-refractivity contribution in [2.75, 3.05) is 9.80 Å². The van der Waals surface area contributed by atoms with E-state index in [4.69, 9.17) is 9.47 Å². The van der Waals surface area contributed by atoms with Crippen LogP contribution in [0.15, 0.2) is 170 Å². The first-order valence-electron chi connectivity index (χ1n) is 17.9. The molecule has 0 spiro atoms. The van der Waals surface area contributed by atoms with E-state index in [0.29, 0.717) is 0 Å². The van der Waals surface area contributed by atoms with Crippen molar-refractivity contribution in [2.45, 2.75) is 0 Å². The summed E-state index contributed by atoms with van der Waals surface area (Å²) in [6.45, 7) is 0.0652. The second-order valence-electron chi connectivity index (χ2n) is 14.0. The highest BCUT2D eigenvalue weighted by atomic mass is 16.5. The normalized spacial score (nSPS) is 13.9. The lowest BCUT2D eigenvalue weighted by Gasteiger charge is -2.43. The van der Waals surface area contributed by atoms with Crippen molar-refractivity contribution in [3.63, 3.8) is 0 Å². The van der Waals surface area contributed by atoms with E-state index in [0.717, 1.165) is 45.7 Å². The Morgan fingerprint density at radius 3 is 1.15 bits per heavy atom. The molecular formula is C46H28B2N2O2. The zero-order chi connectivity index (χ0) is 33.9. The molecule has 0 amide bonds. The number of hydrogen-bond donors (Lipinski definition) is 0. The van der Waals surface area contributed by atoms with Crippen molar-refractivity contribution in [3.8, 4) is 23.0 Å². The third-order valence-electron chi connectivity index (χ3n) is 11.3. The smallest absolute Gasteiger partial charge is 0.246 e. The molecule has 12 rings (SSSR count). The van der Waals surface area contributed by atoms with Gasteiger partial charge in [-0.05, 0) is 58.2 Å². The molecule has 52 heavy (non-hydrogen) atoms. The number of nitrogens with zero attached hydrogens (tertiary/aromatic N) is 2. The lowest BCUT2D eigenvalue weighted by Crippen LogP contribution is -2.58. The van der Waals surface area contributed by atoms with Crippen molar-refractivity contribution in [1.82, 2.24) is 0 Å². The van der Waals surface area contributed by atoms with Crippen LogP contribution in [0.25, 0.3) is 10.8 Å². The minimum Gasteiger partial charge on any atom is -0.453 e. The van der Waals surface area contributed by atoms with Gasteiger partial charge in [-0.15, -0.1) is 0 Å². The van der Waals surface area contributed by atoms with E-state index in [2.05, 4.69) is 180 Å². The standard InChI is InChI=1S/C46H28B2N2O2/c1-3-13-29(14-4-1)47-33-17-11-23-41-45(33)49(37-19-7-9-21-39(37)51-41)43-31-26-28-36-44(32(31)25-27-35(43)47)50-38-20-8-10-22-40(38)52-42-24-12-18-34(46(42)50)48(36)30-15-5-2-6-16-30/h1-28H. The summed E-state index contributed by atoms with van der Waals surface area (Å²) in [5.74, 6) is 3.47. The number of benzene rings is 8. The molecule has 0 radical (unpaired) electrons. The fourth-order valence-electron chi connectivity index (χ4n) is 9.30. The summed E-state index contributed by atoms with van der Waals surface area (Å²) in [5, 5.41) is 2.40. The summed E-state index contributed by atoms with van der Waals surface area (Å²) in [5.41, 5.74) is 14.3. The van der Waals surface area contributed by atoms with Gasteiger partial charge in [-0.1, -0.05) is 144 Å². The van der Waals surface area contributed by atoms with Crippen molar-refractivity contribution in [3.05, 3.63) is 170 Å². The summed E-state index contributed by atoms with van der Waals surface area (Å²) in [6.07, 6.45) is 0. The second-order valence-corrected chi connectivity index (χ2v) is 14.0. The van der Waals surface area contributed by atoms with Gasteiger partial charge < -0.3 is 19.3 Å². The van der Waals surface area contributed by atoms with Crippen LogP contribution in [0.4, 0.5) is 34.1 Å². The topological polar surface area (TPSA) is 24.9 Å². The minimum atomic E-state index is 0.0326. The lowest BCUT2D eigenvalue weighted by molar-refractivity contribution is 0.477. The molecule has 0 aromatic heterocycles. The zero-order valence-corrected chi connectivity index (χ0v) is 28.0. The molecule has 4 aliphatic heterocycles. The number of rotatable bonds is 2. The summed E-state index contributed by atoms with van der Waals surface area (Å²) < 4.78 is 13.3. The van der Waals surface area contributed by atoms with Gasteiger partial charge in [0, 0.05) is 22.1 Å². The van der Waals surface area contributed by atoms with Crippen LogP contribution >= 0.6 is 0 Å². The molecule has 4 nitrogen and oxygen atoms in total. The molecule has 0 atom stereocenters. The molecule has 0 saturated carbocycles. The van der Waals surface area contributed by atoms with E-state index in [-0.39, 0.29) is 13.4 Å². The molecule has 0 N–H and O–H groups in total. The molecule has 8 aromatic rings. The number of fused-ring (bicyclic) bond motifs is 11. The first-order chi connectivity index (χ1) is 25.8. The summed E-state index contributed by atoms with van der Waals surface area (Å²) >= 11 is 0. The average molecular weight is 662 g/mol. The molecule has 4 aliphatic rings. The SMILES string of the molecule is c1ccc(B2c3cccc4c3N(c3ccccc3O4)c3c2ccc2c4c(ccc32)B(c2ccccc2)c2cccc3c2N4c2ccccc2O3)cc1. The number of ether oxygens (including phenoxy) is 2. The zero-order valence-electron chi connectivity index (χ0n) is 28.0. The molecular weight excluding hydrogens is 634 g/mol. The molecule has 240 valence electrons. The Balaban J connectivity index is 1.22. The summed E-state index contributed by atoms with van der Waals surface area (Å²) in [6, 6.07) is 61.2. The van der Waals surface area contributed by atoms with Crippen LogP contribution in [0.1, 0.15) is 0 Å². The van der Waals surface area contributed by atoms with Crippen molar-refractivity contribution in [1.29, 1.82) is 0 Å². The first-order valence-corrected chi connectivity index (χ1v) is 17.9. The first kappa shape index (κ1) is 28.1. The third kappa shape index (κ3) is 3.68. The highest BCUT2D eigenvalue weighted by Crippen LogP contribution is 2.55. The van der Waals surface area contributed by atoms with Crippen molar-refractivity contribution < 1.29 is 9.47 Å². The van der Waals surface area contributed by atoms with Gasteiger partial charge in [-0.3, -0.25) is 0 Å². The van der Waals surface area contributed by atoms with Gasteiger partial charge in [0.15, 0.2) is 23.0 Å². The van der Waals surface area contributed by atoms with Gasteiger partial charge in [0.25, 0.3) is 0 Å². The Hall–Kier alpha value is -6.65. The van der Waals surface area contributed by atoms with Crippen LogP contribution in [-0.2, 0) is 0 Å². The fourth-order valence-corrected chi connectivity index (χ4v) is 9.30.